The number of nitrogens with one attached hydrogen (secondary N) is 2. The van der Waals surface area contributed by atoms with Crippen molar-refractivity contribution in [1.29, 1.82) is 0 Å². The number of hydrogen-bond acceptors (Lipinski definition) is 3. The van der Waals surface area contributed by atoms with Crippen LogP contribution in [0.15, 0.2) is 29.2 Å². The fraction of sp³-hybridized carbons (Fsp3) is 0.308. The number of alkyl halides is 1. The highest BCUT2D eigenvalue weighted by atomic mass is 79.9. The molecule has 0 fully saturated rings. The molecule has 0 spiro atoms. The number of aromatic amines is 1. The quantitative estimate of drug-likeness (QED) is 0.807. The predicted octanol–water partition coefficient (Wildman–Crippen LogP) is 2.76. The summed E-state index contributed by atoms with van der Waals surface area (Å²) in [4.78, 5) is 0.210. The molecule has 0 amide bonds. The van der Waals surface area contributed by atoms with Gasteiger partial charge in [0.05, 0.1) is 11.4 Å². The van der Waals surface area contributed by atoms with Gasteiger partial charge in [0, 0.05) is 11.0 Å². The average Bonchev–Trinajstić information content (AvgIpc) is 2.72. The highest BCUT2D eigenvalue weighted by Gasteiger charge is 2.22. The van der Waals surface area contributed by atoms with Crippen molar-refractivity contribution < 1.29 is 8.42 Å². The second-order valence-electron chi connectivity index (χ2n) is 4.50. The number of anilines is 1. The molecule has 0 bridgehead atoms. The summed E-state index contributed by atoms with van der Waals surface area (Å²) in [5.41, 5.74) is 2.70. The minimum Gasteiger partial charge on any atom is -0.281 e. The van der Waals surface area contributed by atoms with Gasteiger partial charge < -0.3 is 0 Å². The highest BCUT2D eigenvalue weighted by molar-refractivity contribution is 9.09. The second kappa shape index (κ2) is 5.97. The second-order valence-corrected chi connectivity index (χ2v) is 6.92. The molecule has 0 radical (unpaired) electrons. The van der Waals surface area contributed by atoms with Crippen LogP contribution in [-0.2, 0) is 16.4 Å². The molecule has 0 saturated carbocycles. The van der Waals surface area contributed by atoms with E-state index in [1.165, 1.54) is 0 Å². The molecule has 0 saturated heterocycles. The van der Waals surface area contributed by atoms with Crippen molar-refractivity contribution in [3.05, 3.63) is 41.2 Å². The Hall–Kier alpha value is -1.34. The zero-order chi connectivity index (χ0) is 14.8. The molecule has 2 aromatic rings. The zero-order valence-electron chi connectivity index (χ0n) is 11.3. The smallest absolute Gasteiger partial charge is 0.265 e. The van der Waals surface area contributed by atoms with E-state index in [4.69, 9.17) is 0 Å². The molecule has 2 N–H and O–H groups in total. The molecular formula is C13H16BrN3O2S. The minimum absolute atomic E-state index is 0.210. The van der Waals surface area contributed by atoms with Gasteiger partial charge in [0.1, 0.15) is 4.90 Å². The monoisotopic (exact) mass is 357 g/mol. The number of halogens is 1. The topological polar surface area (TPSA) is 74.8 Å². The van der Waals surface area contributed by atoms with Gasteiger partial charge in [-0.3, -0.25) is 9.82 Å². The van der Waals surface area contributed by atoms with Crippen LogP contribution in [0.3, 0.4) is 0 Å². The zero-order valence-corrected chi connectivity index (χ0v) is 13.7. The molecule has 108 valence electrons. The Morgan fingerprint density at radius 2 is 1.90 bits per heavy atom. The normalized spacial score (nSPS) is 11.6. The molecule has 0 aliphatic rings. The average molecular weight is 358 g/mol. The van der Waals surface area contributed by atoms with E-state index in [2.05, 4.69) is 30.8 Å². The molecule has 7 heteroatoms. The molecule has 1 aromatic heterocycles. The van der Waals surface area contributed by atoms with Gasteiger partial charge in [0.15, 0.2) is 0 Å². The molecule has 1 heterocycles. The van der Waals surface area contributed by atoms with E-state index in [-0.39, 0.29) is 4.90 Å². The summed E-state index contributed by atoms with van der Waals surface area (Å²) in [5, 5.41) is 7.47. The van der Waals surface area contributed by atoms with Crippen LogP contribution in [0.1, 0.15) is 17.0 Å². The number of nitrogens with zero attached hydrogens (tertiary/aromatic N) is 1. The first-order valence-electron chi connectivity index (χ1n) is 6.13. The van der Waals surface area contributed by atoms with Crippen LogP contribution in [0.4, 0.5) is 5.69 Å². The largest absolute Gasteiger partial charge is 0.281 e. The fourth-order valence-electron chi connectivity index (χ4n) is 1.99. The molecule has 20 heavy (non-hydrogen) atoms. The van der Waals surface area contributed by atoms with Crippen LogP contribution in [0.25, 0.3) is 0 Å². The number of aryl methyl sites for hydroxylation is 3. The molecular weight excluding hydrogens is 342 g/mol. The van der Waals surface area contributed by atoms with Gasteiger partial charge in [0.25, 0.3) is 10.0 Å². The Labute approximate surface area is 127 Å². The van der Waals surface area contributed by atoms with Gasteiger partial charge in [-0.25, -0.2) is 8.42 Å². The number of rotatable bonds is 5. The lowest BCUT2D eigenvalue weighted by molar-refractivity contribution is 0.600. The molecule has 2 rings (SSSR count). The predicted molar refractivity (Wildman–Crippen MR) is 82.8 cm³/mol. The first-order valence-corrected chi connectivity index (χ1v) is 8.74. The van der Waals surface area contributed by atoms with Crippen molar-refractivity contribution in [3.63, 3.8) is 0 Å². The molecule has 0 unspecified atom stereocenters. The van der Waals surface area contributed by atoms with Crippen molar-refractivity contribution in [1.82, 2.24) is 10.2 Å². The van der Waals surface area contributed by atoms with E-state index < -0.39 is 10.0 Å². The summed E-state index contributed by atoms with van der Waals surface area (Å²) in [6.45, 7) is 3.35. The number of aromatic nitrogens is 2. The maximum Gasteiger partial charge on any atom is 0.265 e. The number of H-pyrrole nitrogens is 1. The van der Waals surface area contributed by atoms with E-state index in [0.717, 1.165) is 17.3 Å². The first kappa shape index (κ1) is 15.1. The third-order valence-corrected chi connectivity index (χ3v) is 4.96. The summed E-state index contributed by atoms with van der Waals surface area (Å²) in [5.74, 6) is 0. The summed E-state index contributed by atoms with van der Waals surface area (Å²) < 4.78 is 27.2. The van der Waals surface area contributed by atoms with Crippen LogP contribution in [0.5, 0.6) is 0 Å². The van der Waals surface area contributed by atoms with E-state index in [0.29, 0.717) is 17.1 Å². The third kappa shape index (κ3) is 3.21. The molecule has 0 aliphatic heterocycles. The summed E-state index contributed by atoms with van der Waals surface area (Å²) in [6.07, 6.45) is 0.910. The third-order valence-electron chi connectivity index (χ3n) is 2.92. The SMILES string of the molecule is Cc1n[nH]c(C)c1S(=O)(=O)Nc1ccc(CCBr)cc1. The highest BCUT2D eigenvalue weighted by Crippen LogP contribution is 2.21. The van der Waals surface area contributed by atoms with Crippen molar-refractivity contribution in [3.8, 4) is 0 Å². The van der Waals surface area contributed by atoms with Crippen molar-refractivity contribution >= 4 is 31.6 Å². The molecule has 1 aromatic carbocycles. The lowest BCUT2D eigenvalue weighted by Crippen LogP contribution is -2.14. The molecule has 0 aliphatic carbocycles. The summed E-state index contributed by atoms with van der Waals surface area (Å²) in [6, 6.07) is 7.35. The Kier molecular flexibility index (Phi) is 4.49. The van der Waals surface area contributed by atoms with Crippen LogP contribution in [-0.4, -0.2) is 23.9 Å². The van der Waals surface area contributed by atoms with Crippen molar-refractivity contribution in [2.45, 2.75) is 25.2 Å². The Morgan fingerprint density at radius 1 is 1.25 bits per heavy atom. The van der Waals surface area contributed by atoms with Gasteiger partial charge in [-0.05, 0) is 38.0 Å². The van der Waals surface area contributed by atoms with E-state index in [1.54, 1.807) is 26.0 Å². The molecule has 0 atom stereocenters. The van der Waals surface area contributed by atoms with Gasteiger partial charge in [-0.1, -0.05) is 28.1 Å². The lowest BCUT2D eigenvalue weighted by Gasteiger charge is -2.08. The lowest BCUT2D eigenvalue weighted by atomic mass is 10.2. The van der Waals surface area contributed by atoms with Gasteiger partial charge in [0.2, 0.25) is 0 Å². The summed E-state index contributed by atoms with van der Waals surface area (Å²) >= 11 is 3.37. The fourth-order valence-corrected chi connectivity index (χ4v) is 3.88. The van der Waals surface area contributed by atoms with E-state index >= 15 is 0 Å². The van der Waals surface area contributed by atoms with E-state index in [1.807, 2.05) is 12.1 Å². The maximum absolute atomic E-state index is 12.3. The Bertz CT molecular complexity index is 673. The maximum atomic E-state index is 12.3. The van der Waals surface area contributed by atoms with E-state index in [9.17, 15) is 8.42 Å². The minimum atomic E-state index is -3.61. The number of benzene rings is 1. The van der Waals surface area contributed by atoms with Gasteiger partial charge >= 0.3 is 0 Å². The van der Waals surface area contributed by atoms with Crippen molar-refractivity contribution in [2.75, 3.05) is 10.1 Å². The molecule has 5 nitrogen and oxygen atoms in total. The summed E-state index contributed by atoms with van der Waals surface area (Å²) in [7, 11) is -3.61. The Balaban J connectivity index is 2.24. The van der Waals surface area contributed by atoms with Crippen LogP contribution in [0.2, 0.25) is 0 Å². The number of sulfonamides is 1. The Morgan fingerprint density at radius 3 is 2.40 bits per heavy atom. The van der Waals surface area contributed by atoms with Crippen LogP contribution >= 0.6 is 15.9 Å². The number of hydrogen-bond donors (Lipinski definition) is 2. The van der Waals surface area contributed by atoms with Crippen LogP contribution < -0.4 is 4.72 Å². The van der Waals surface area contributed by atoms with Gasteiger partial charge in [-0.2, -0.15) is 5.10 Å². The van der Waals surface area contributed by atoms with Crippen LogP contribution in [0, 0.1) is 13.8 Å². The first-order chi connectivity index (χ1) is 9.44. The standard InChI is InChI=1S/C13H16BrN3O2S/c1-9-13(10(2)16-15-9)20(18,19)17-12-5-3-11(4-6-12)7-8-14/h3-6,17H,7-8H2,1-2H3,(H,15,16). The van der Waals surface area contributed by atoms with Gasteiger partial charge in [-0.15, -0.1) is 0 Å². The van der Waals surface area contributed by atoms with Crippen molar-refractivity contribution in [2.24, 2.45) is 0 Å².